The molecule has 20 heavy (non-hydrogen) atoms. The second kappa shape index (κ2) is 6.80. The van der Waals surface area contributed by atoms with Crippen molar-refractivity contribution in [2.75, 3.05) is 14.2 Å². The Bertz CT molecular complexity index is 456. The monoisotopic (exact) mass is 276 g/mol. The lowest BCUT2D eigenvalue weighted by atomic mass is 9.85. The molecule has 0 bridgehead atoms. The van der Waals surface area contributed by atoms with Crippen LogP contribution in [0.5, 0.6) is 11.5 Å². The van der Waals surface area contributed by atoms with E-state index in [1.807, 2.05) is 12.1 Å². The molecule has 110 valence electrons. The van der Waals surface area contributed by atoms with Crippen molar-refractivity contribution in [3.05, 3.63) is 36.4 Å². The molecular weight excluding hydrogens is 252 g/mol. The van der Waals surface area contributed by atoms with Crippen LogP contribution >= 0.6 is 0 Å². The van der Waals surface area contributed by atoms with E-state index < -0.39 is 0 Å². The Morgan fingerprint density at radius 1 is 1.25 bits per heavy atom. The first kappa shape index (κ1) is 14.9. The molecule has 1 fully saturated rings. The summed E-state index contributed by atoms with van der Waals surface area (Å²) in [6.45, 7) is 5.94. The van der Waals surface area contributed by atoms with Gasteiger partial charge < -0.3 is 14.2 Å². The Morgan fingerprint density at radius 2 is 2.00 bits per heavy atom. The third-order valence-corrected chi connectivity index (χ3v) is 4.04. The number of benzene rings is 1. The number of rotatable bonds is 5. The third-order valence-electron chi connectivity index (χ3n) is 4.04. The Labute approximate surface area is 121 Å². The van der Waals surface area contributed by atoms with Gasteiger partial charge in [0, 0.05) is 5.92 Å². The highest BCUT2D eigenvalue weighted by Crippen LogP contribution is 2.38. The summed E-state index contributed by atoms with van der Waals surface area (Å²) in [4.78, 5) is 0. The van der Waals surface area contributed by atoms with Crippen LogP contribution in [0.3, 0.4) is 0 Å². The van der Waals surface area contributed by atoms with Crippen LogP contribution in [0.2, 0.25) is 0 Å². The van der Waals surface area contributed by atoms with Crippen molar-refractivity contribution in [2.24, 2.45) is 0 Å². The zero-order valence-electron chi connectivity index (χ0n) is 12.6. The predicted octanol–water partition coefficient (Wildman–Crippen LogP) is 3.93. The summed E-state index contributed by atoms with van der Waals surface area (Å²) >= 11 is 0. The molecule has 1 aromatic carbocycles. The first-order valence-electron chi connectivity index (χ1n) is 7.17. The smallest absolute Gasteiger partial charge is 0.160 e. The van der Waals surface area contributed by atoms with Crippen molar-refractivity contribution < 1.29 is 14.2 Å². The summed E-state index contributed by atoms with van der Waals surface area (Å²) in [6, 6.07) is 6.15. The normalized spacial score (nSPS) is 26.1. The molecule has 0 radical (unpaired) electrons. The third kappa shape index (κ3) is 3.15. The van der Waals surface area contributed by atoms with Crippen LogP contribution in [0.1, 0.15) is 37.7 Å². The zero-order valence-corrected chi connectivity index (χ0v) is 12.6. The minimum Gasteiger partial charge on any atom is -0.493 e. The Morgan fingerprint density at radius 3 is 2.60 bits per heavy atom. The van der Waals surface area contributed by atoms with E-state index in [4.69, 9.17) is 14.2 Å². The van der Waals surface area contributed by atoms with Crippen molar-refractivity contribution in [3.63, 3.8) is 0 Å². The molecule has 0 N–H and O–H groups in total. The highest BCUT2D eigenvalue weighted by atomic mass is 16.5. The minimum atomic E-state index is 0.215. The van der Waals surface area contributed by atoms with Gasteiger partial charge in [-0.1, -0.05) is 12.1 Å². The van der Waals surface area contributed by atoms with Crippen LogP contribution in [-0.2, 0) is 4.74 Å². The SMILES string of the molecule is C=CC[C@@H]1CC[C@H](c2ccc(OC)c(OC)c2)[C@@H](C)O1. The fraction of sp³-hybridized carbons (Fsp3) is 0.529. The summed E-state index contributed by atoms with van der Waals surface area (Å²) in [6.07, 6.45) is 5.62. The molecule has 0 unspecified atom stereocenters. The van der Waals surface area contributed by atoms with E-state index in [9.17, 15) is 0 Å². The molecule has 1 heterocycles. The average Bonchev–Trinajstić information content (AvgIpc) is 2.47. The van der Waals surface area contributed by atoms with Crippen LogP contribution in [0.4, 0.5) is 0 Å². The molecule has 1 aliphatic rings. The molecule has 0 amide bonds. The molecule has 0 saturated carbocycles. The van der Waals surface area contributed by atoms with Gasteiger partial charge in [-0.2, -0.15) is 0 Å². The molecule has 1 aromatic rings. The lowest BCUT2D eigenvalue weighted by molar-refractivity contribution is -0.0509. The predicted molar refractivity (Wildman–Crippen MR) is 80.7 cm³/mol. The number of ether oxygens (including phenoxy) is 3. The fourth-order valence-electron chi connectivity index (χ4n) is 2.95. The minimum absolute atomic E-state index is 0.215. The van der Waals surface area contributed by atoms with Gasteiger partial charge in [-0.05, 0) is 43.9 Å². The second-order valence-corrected chi connectivity index (χ2v) is 5.29. The molecule has 3 heteroatoms. The van der Waals surface area contributed by atoms with Crippen molar-refractivity contribution in [2.45, 2.75) is 44.3 Å². The Kier molecular flexibility index (Phi) is 5.07. The fourth-order valence-corrected chi connectivity index (χ4v) is 2.95. The molecule has 0 aliphatic carbocycles. The molecule has 1 saturated heterocycles. The van der Waals surface area contributed by atoms with Gasteiger partial charge in [0.15, 0.2) is 11.5 Å². The van der Waals surface area contributed by atoms with Gasteiger partial charge in [0.05, 0.1) is 26.4 Å². The molecular formula is C17H24O3. The van der Waals surface area contributed by atoms with E-state index in [1.54, 1.807) is 14.2 Å². The summed E-state index contributed by atoms with van der Waals surface area (Å²) in [5, 5.41) is 0. The maximum Gasteiger partial charge on any atom is 0.160 e. The largest absolute Gasteiger partial charge is 0.493 e. The quantitative estimate of drug-likeness (QED) is 0.763. The topological polar surface area (TPSA) is 27.7 Å². The number of hydrogen-bond acceptors (Lipinski definition) is 3. The molecule has 2 rings (SSSR count). The van der Waals surface area contributed by atoms with Crippen LogP contribution < -0.4 is 9.47 Å². The zero-order chi connectivity index (χ0) is 14.5. The summed E-state index contributed by atoms with van der Waals surface area (Å²) in [7, 11) is 3.33. The van der Waals surface area contributed by atoms with Gasteiger partial charge in [0.2, 0.25) is 0 Å². The van der Waals surface area contributed by atoms with Crippen LogP contribution in [0.25, 0.3) is 0 Å². The van der Waals surface area contributed by atoms with E-state index >= 15 is 0 Å². The second-order valence-electron chi connectivity index (χ2n) is 5.29. The summed E-state index contributed by atoms with van der Waals surface area (Å²) < 4.78 is 16.8. The van der Waals surface area contributed by atoms with Gasteiger partial charge in [0.1, 0.15) is 0 Å². The molecule has 0 spiro atoms. The van der Waals surface area contributed by atoms with E-state index in [0.717, 1.165) is 30.8 Å². The Hall–Kier alpha value is -1.48. The summed E-state index contributed by atoms with van der Waals surface area (Å²) in [5.74, 6) is 1.96. The molecule has 1 aliphatic heterocycles. The van der Waals surface area contributed by atoms with Gasteiger partial charge >= 0.3 is 0 Å². The Balaban J connectivity index is 2.14. The van der Waals surface area contributed by atoms with Crippen molar-refractivity contribution in [1.82, 2.24) is 0 Å². The van der Waals surface area contributed by atoms with E-state index in [1.165, 1.54) is 5.56 Å². The molecule has 0 aromatic heterocycles. The van der Waals surface area contributed by atoms with Crippen LogP contribution in [0, 0.1) is 0 Å². The average molecular weight is 276 g/mol. The lowest BCUT2D eigenvalue weighted by Crippen LogP contribution is -2.31. The first-order chi connectivity index (χ1) is 9.69. The van der Waals surface area contributed by atoms with E-state index in [2.05, 4.69) is 25.6 Å². The van der Waals surface area contributed by atoms with Gasteiger partial charge in [-0.15, -0.1) is 6.58 Å². The van der Waals surface area contributed by atoms with Crippen molar-refractivity contribution in [1.29, 1.82) is 0 Å². The van der Waals surface area contributed by atoms with Crippen molar-refractivity contribution in [3.8, 4) is 11.5 Å². The number of hydrogen-bond donors (Lipinski definition) is 0. The van der Waals surface area contributed by atoms with Crippen LogP contribution in [0.15, 0.2) is 30.9 Å². The van der Waals surface area contributed by atoms with E-state index in [0.29, 0.717) is 12.0 Å². The van der Waals surface area contributed by atoms with Crippen molar-refractivity contribution >= 4 is 0 Å². The number of methoxy groups -OCH3 is 2. The van der Waals surface area contributed by atoms with Crippen LogP contribution in [-0.4, -0.2) is 26.4 Å². The highest BCUT2D eigenvalue weighted by molar-refractivity contribution is 5.44. The standard InChI is InChI=1S/C17H24O3/c1-5-6-14-8-9-15(12(2)20-14)13-7-10-16(18-3)17(11-13)19-4/h5,7,10-12,14-15H,1,6,8-9H2,2-4H3/t12-,14-,15+/m1/s1. The van der Waals surface area contributed by atoms with E-state index in [-0.39, 0.29) is 6.10 Å². The van der Waals surface area contributed by atoms with Gasteiger partial charge in [-0.3, -0.25) is 0 Å². The summed E-state index contributed by atoms with van der Waals surface area (Å²) in [5.41, 5.74) is 1.26. The van der Waals surface area contributed by atoms with Gasteiger partial charge in [-0.25, -0.2) is 0 Å². The molecule has 3 atom stereocenters. The maximum atomic E-state index is 6.08. The maximum absolute atomic E-state index is 6.08. The molecule has 3 nitrogen and oxygen atoms in total. The lowest BCUT2D eigenvalue weighted by Gasteiger charge is -2.35. The van der Waals surface area contributed by atoms with Gasteiger partial charge in [0.25, 0.3) is 0 Å². The first-order valence-corrected chi connectivity index (χ1v) is 7.17. The highest BCUT2D eigenvalue weighted by Gasteiger charge is 2.29.